The first-order chi connectivity index (χ1) is 8.75. The monoisotopic (exact) mass is 302 g/mol. The largest absolute Gasteiger partial charge is 0.352 e. The number of thiophene rings is 1. The second kappa shape index (κ2) is 8.56. The van der Waals surface area contributed by atoms with Gasteiger partial charge in [-0.3, -0.25) is 4.79 Å². The number of rotatable bonds is 5. The van der Waals surface area contributed by atoms with E-state index in [-0.39, 0.29) is 18.3 Å². The van der Waals surface area contributed by atoms with Crippen LogP contribution in [0.15, 0.2) is 17.5 Å². The summed E-state index contributed by atoms with van der Waals surface area (Å²) in [4.78, 5) is 13.2. The third kappa shape index (κ3) is 5.51. The molecule has 1 fully saturated rings. The van der Waals surface area contributed by atoms with Gasteiger partial charge in [-0.25, -0.2) is 0 Å². The lowest BCUT2D eigenvalue weighted by molar-refractivity contribution is -0.122. The Kier molecular flexibility index (Phi) is 7.42. The average molecular weight is 303 g/mol. The van der Waals surface area contributed by atoms with Crippen molar-refractivity contribution in [3.05, 3.63) is 22.4 Å². The van der Waals surface area contributed by atoms with Crippen molar-refractivity contribution in [2.45, 2.75) is 51.1 Å². The van der Waals surface area contributed by atoms with Crippen LogP contribution in [0.3, 0.4) is 0 Å². The van der Waals surface area contributed by atoms with E-state index in [2.05, 4.69) is 35.1 Å². The van der Waals surface area contributed by atoms with Gasteiger partial charge in [0.2, 0.25) is 5.91 Å². The standard InChI is InChI=1S/C14H22N2OS.ClH/c1-11-13(7-3-9-15-11)16-14(17)8-2-5-12-6-4-10-18-12;/h4,6,10-11,13,15H,2-3,5,7-9H2,1H3,(H,16,17);1H. The molecule has 3 nitrogen and oxygen atoms in total. The van der Waals surface area contributed by atoms with Gasteiger partial charge in [0.15, 0.2) is 0 Å². The number of nitrogens with one attached hydrogen (secondary N) is 2. The molecule has 0 spiro atoms. The number of hydrogen-bond acceptors (Lipinski definition) is 3. The zero-order valence-corrected chi connectivity index (χ0v) is 13.0. The molecule has 2 rings (SSSR count). The summed E-state index contributed by atoms with van der Waals surface area (Å²) >= 11 is 1.77. The Balaban J connectivity index is 0.00000180. The molecule has 2 unspecified atom stereocenters. The van der Waals surface area contributed by atoms with Crippen molar-refractivity contribution in [2.75, 3.05) is 6.54 Å². The lowest BCUT2D eigenvalue weighted by atomic mass is 9.99. The molecular weight excluding hydrogens is 280 g/mol. The molecule has 2 atom stereocenters. The molecule has 1 aliphatic rings. The minimum atomic E-state index is 0. The molecule has 1 amide bonds. The molecule has 2 heterocycles. The SMILES string of the molecule is CC1NCCCC1NC(=O)CCCc1cccs1.Cl. The molecule has 1 aromatic rings. The minimum Gasteiger partial charge on any atom is -0.352 e. The summed E-state index contributed by atoms with van der Waals surface area (Å²) < 4.78 is 0. The molecule has 0 radical (unpaired) electrons. The molecule has 2 N–H and O–H groups in total. The third-order valence-electron chi connectivity index (χ3n) is 3.52. The summed E-state index contributed by atoms with van der Waals surface area (Å²) in [7, 11) is 0. The molecule has 0 saturated carbocycles. The molecule has 1 saturated heterocycles. The smallest absolute Gasteiger partial charge is 0.220 e. The summed E-state index contributed by atoms with van der Waals surface area (Å²) in [6.07, 6.45) is 4.86. The fraction of sp³-hybridized carbons (Fsp3) is 0.643. The van der Waals surface area contributed by atoms with E-state index in [9.17, 15) is 4.79 Å². The second-order valence-corrected chi connectivity index (χ2v) is 6.02. The number of carbonyl (C=O) groups is 1. The highest BCUT2D eigenvalue weighted by Gasteiger charge is 2.21. The highest BCUT2D eigenvalue weighted by Crippen LogP contribution is 2.12. The van der Waals surface area contributed by atoms with Gasteiger partial charge in [0.05, 0.1) is 0 Å². The van der Waals surface area contributed by atoms with Crippen LogP contribution in [0.4, 0.5) is 0 Å². The Morgan fingerprint density at radius 1 is 1.58 bits per heavy atom. The Hall–Kier alpha value is -0.580. The summed E-state index contributed by atoms with van der Waals surface area (Å²) in [5, 5.41) is 8.64. The van der Waals surface area contributed by atoms with Gasteiger partial charge in [0.1, 0.15) is 0 Å². The second-order valence-electron chi connectivity index (χ2n) is 4.99. The highest BCUT2D eigenvalue weighted by molar-refractivity contribution is 7.09. The van der Waals surface area contributed by atoms with Crippen LogP contribution in [0.5, 0.6) is 0 Å². The maximum atomic E-state index is 11.8. The Morgan fingerprint density at radius 2 is 2.42 bits per heavy atom. The Bertz CT molecular complexity index is 370. The molecule has 0 aromatic carbocycles. The molecule has 5 heteroatoms. The quantitative estimate of drug-likeness (QED) is 0.878. The van der Waals surface area contributed by atoms with Crippen LogP contribution < -0.4 is 10.6 Å². The number of hydrogen-bond donors (Lipinski definition) is 2. The summed E-state index contributed by atoms with van der Waals surface area (Å²) in [6, 6.07) is 4.92. The van der Waals surface area contributed by atoms with Gasteiger partial charge in [-0.05, 0) is 50.6 Å². The van der Waals surface area contributed by atoms with Crippen molar-refractivity contribution in [2.24, 2.45) is 0 Å². The summed E-state index contributed by atoms with van der Waals surface area (Å²) in [5.74, 6) is 0.201. The highest BCUT2D eigenvalue weighted by atomic mass is 35.5. The van der Waals surface area contributed by atoms with Gasteiger partial charge in [0.25, 0.3) is 0 Å². The maximum Gasteiger partial charge on any atom is 0.220 e. The van der Waals surface area contributed by atoms with Crippen LogP contribution >= 0.6 is 23.7 Å². The van der Waals surface area contributed by atoms with Crippen LogP contribution in [-0.4, -0.2) is 24.5 Å². The topological polar surface area (TPSA) is 41.1 Å². The van der Waals surface area contributed by atoms with Crippen molar-refractivity contribution < 1.29 is 4.79 Å². The van der Waals surface area contributed by atoms with Crippen molar-refractivity contribution in [1.82, 2.24) is 10.6 Å². The van der Waals surface area contributed by atoms with E-state index >= 15 is 0 Å². The summed E-state index contributed by atoms with van der Waals surface area (Å²) in [6.45, 7) is 3.22. The van der Waals surface area contributed by atoms with Gasteiger partial charge < -0.3 is 10.6 Å². The van der Waals surface area contributed by atoms with E-state index in [4.69, 9.17) is 0 Å². The first kappa shape index (κ1) is 16.5. The predicted molar refractivity (Wildman–Crippen MR) is 83.1 cm³/mol. The van der Waals surface area contributed by atoms with Crippen LogP contribution in [-0.2, 0) is 11.2 Å². The average Bonchev–Trinajstić information content (AvgIpc) is 2.85. The van der Waals surface area contributed by atoms with E-state index in [1.165, 1.54) is 4.88 Å². The van der Waals surface area contributed by atoms with Crippen LogP contribution in [0.1, 0.15) is 37.5 Å². The maximum absolute atomic E-state index is 11.8. The van der Waals surface area contributed by atoms with Crippen molar-refractivity contribution >= 4 is 29.7 Å². The zero-order valence-electron chi connectivity index (χ0n) is 11.4. The van der Waals surface area contributed by atoms with Crippen LogP contribution in [0, 0.1) is 0 Å². The normalized spacial score (nSPS) is 22.6. The van der Waals surface area contributed by atoms with Crippen LogP contribution in [0.25, 0.3) is 0 Å². The van der Waals surface area contributed by atoms with Crippen molar-refractivity contribution in [1.29, 1.82) is 0 Å². The number of amides is 1. The molecule has 0 bridgehead atoms. The van der Waals surface area contributed by atoms with E-state index < -0.39 is 0 Å². The number of aryl methyl sites for hydroxylation is 1. The van der Waals surface area contributed by atoms with Gasteiger partial charge >= 0.3 is 0 Å². The molecule has 1 aliphatic heterocycles. The fourth-order valence-corrected chi connectivity index (χ4v) is 3.15. The summed E-state index contributed by atoms with van der Waals surface area (Å²) in [5.41, 5.74) is 0. The number of carbonyl (C=O) groups excluding carboxylic acids is 1. The lowest BCUT2D eigenvalue weighted by Crippen LogP contribution is -2.51. The van der Waals surface area contributed by atoms with E-state index in [1.807, 2.05) is 0 Å². The number of piperidine rings is 1. The van der Waals surface area contributed by atoms with Gasteiger partial charge in [-0.15, -0.1) is 23.7 Å². The van der Waals surface area contributed by atoms with E-state index in [0.717, 1.165) is 32.2 Å². The Morgan fingerprint density at radius 3 is 3.11 bits per heavy atom. The van der Waals surface area contributed by atoms with E-state index in [1.54, 1.807) is 11.3 Å². The first-order valence-electron chi connectivity index (χ1n) is 6.81. The lowest BCUT2D eigenvalue weighted by Gasteiger charge is -2.30. The molecule has 0 aliphatic carbocycles. The minimum absolute atomic E-state index is 0. The molecule has 1 aromatic heterocycles. The van der Waals surface area contributed by atoms with Gasteiger partial charge in [0, 0.05) is 23.4 Å². The fourth-order valence-electron chi connectivity index (χ4n) is 2.40. The van der Waals surface area contributed by atoms with Crippen molar-refractivity contribution in [3.8, 4) is 0 Å². The molecule has 19 heavy (non-hydrogen) atoms. The Labute approximate surface area is 125 Å². The zero-order chi connectivity index (χ0) is 12.8. The van der Waals surface area contributed by atoms with Gasteiger partial charge in [-0.1, -0.05) is 6.07 Å². The third-order valence-corrected chi connectivity index (χ3v) is 4.45. The first-order valence-corrected chi connectivity index (χ1v) is 7.69. The molecular formula is C14H23ClN2OS. The number of halogens is 1. The van der Waals surface area contributed by atoms with E-state index in [0.29, 0.717) is 18.5 Å². The predicted octanol–water partition coefficient (Wildman–Crippen LogP) is 2.75. The van der Waals surface area contributed by atoms with Gasteiger partial charge in [-0.2, -0.15) is 0 Å². The van der Waals surface area contributed by atoms with Crippen LogP contribution in [0.2, 0.25) is 0 Å². The molecule has 108 valence electrons. The van der Waals surface area contributed by atoms with Crippen molar-refractivity contribution in [3.63, 3.8) is 0 Å².